The predicted molar refractivity (Wildman–Crippen MR) is 80.1 cm³/mol. The molecule has 22 heavy (non-hydrogen) atoms. The monoisotopic (exact) mass is 299 g/mol. The van der Waals surface area contributed by atoms with Crippen molar-refractivity contribution in [2.45, 2.75) is 0 Å². The van der Waals surface area contributed by atoms with Gasteiger partial charge < -0.3 is 9.67 Å². The van der Waals surface area contributed by atoms with Gasteiger partial charge in [0.05, 0.1) is 11.8 Å². The van der Waals surface area contributed by atoms with Gasteiger partial charge in [0, 0.05) is 18.8 Å². The Morgan fingerprint density at radius 3 is 2.59 bits per heavy atom. The number of carbonyl (C=O) groups is 2. The largest absolute Gasteiger partial charge is 0.478 e. The highest BCUT2D eigenvalue weighted by atomic mass is 16.4. The Bertz CT molecular complexity index is 808. The molecule has 0 aliphatic rings. The Hall–Kier alpha value is -3.22. The number of hydrogen-bond acceptors (Lipinski definition) is 4. The molecule has 2 aromatic rings. The number of hydrogen-bond donors (Lipinski definition) is 2. The first-order valence-electron chi connectivity index (χ1n) is 6.32. The van der Waals surface area contributed by atoms with Crippen molar-refractivity contribution in [2.24, 2.45) is 12.1 Å². The molecular weight excluding hydrogens is 286 g/mol. The zero-order valence-corrected chi connectivity index (χ0v) is 11.7. The van der Waals surface area contributed by atoms with Crippen LogP contribution >= 0.6 is 0 Å². The average Bonchev–Trinajstić information content (AvgIpc) is 2.50. The van der Waals surface area contributed by atoms with Gasteiger partial charge in [-0.25, -0.2) is 10.2 Å². The Morgan fingerprint density at radius 2 is 1.86 bits per heavy atom. The Balaban J connectivity index is 2.16. The van der Waals surface area contributed by atoms with Crippen LogP contribution in [0.1, 0.15) is 26.3 Å². The number of carbonyl (C=O) groups excluding carboxylic acids is 1. The van der Waals surface area contributed by atoms with Crippen molar-refractivity contribution in [3.8, 4) is 0 Å². The lowest BCUT2D eigenvalue weighted by molar-refractivity contribution is 0.0696. The molecule has 0 radical (unpaired) electrons. The molecule has 0 aliphatic carbocycles. The number of carboxylic acid groups (broad SMARTS) is 1. The van der Waals surface area contributed by atoms with Crippen molar-refractivity contribution < 1.29 is 14.7 Å². The van der Waals surface area contributed by atoms with E-state index in [1.165, 1.54) is 36.2 Å². The number of nitrogens with one attached hydrogen (secondary N) is 1. The molecule has 112 valence electrons. The highest BCUT2D eigenvalue weighted by Crippen LogP contribution is 2.05. The molecule has 0 spiro atoms. The van der Waals surface area contributed by atoms with Crippen LogP contribution in [0, 0.1) is 0 Å². The van der Waals surface area contributed by atoms with E-state index in [9.17, 15) is 14.4 Å². The third-order valence-electron chi connectivity index (χ3n) is 2.93. The minimum absolute atomic E-state index is 0.0475. The number of aromatic carboxylic acids is 1. The lowest BCUT2D eigenvalue weighted by atomic mass is 10.1. The number of rotatable bonds is 4. The average molecular weight is 299 g/mol. The normalized spacial score (nSPS) is 10.6. The van der Waals surface area contributed by atoms with Gasteiger partial charge in [0.25, 0.3) is 11.5 Å². The first-order valence-corrected chi connectivity index (χ1v) is 6.32. The molecule has 2 N–H and O–H groups in total. The standard InChI is InChI=1S/C15H13N3O4/c1-18-8-4-7-12(14(18)20)13(19)17-16-9-10-5-2-3-6-11(10)15(21)22/h2-9H,1H3,(H,17,19)(H,21,22)/b16-9-. The second kappa shape index (κ2) is 6.49. The zero-order valence-electron chi connectivity index (χ0n) is 11.7. The molecule has 0 bridgehead atoms. The minimum atomic E-state index is -1.09. The lowest BCUT2D eigenvalue weighted by Gasteiger charge is -2.02. The summed E-state index contributed by atoms with van der Waals surface area (Å²) in [7, 11) is 1.53. The van der Waals surface area contributed by atoms with Crippen LogP contribution in [-0.4, -0.2) is 27.8 Å². The summed E-state index contributed by atoms with van der Waals surface area (Å²) < 4.78 is 1.28. The molecular formula is C15H13N3O4. The molecule has 0 aliphatic heterocycles. The second-order valence-corrected chi connectivity index (χ2v) is 4.43. The van der Waals surface area contributed by atoms with Gasteiger partial charge in [0.1, 0.15) is 5.56 Å². The van der Waals surface area contributed by atoms with Crippen molar-refractivity contribution >= 4 is 18.1 Å². The number of pyridine rings is 1. The quantitative estimate of drug-likeness (QED) is 0.645. The summed E-state index contributed by atoms with van der Waals surface area (Å²) in [5.41, 5.74) is 2.12. The third kappa shape index (κ3) is 3.26. The van der Waals surface area contributed by atoms with Gasteiger partial charge >= 0.3 is 5.97 Å². The summed E-state index contributed by atoms with van der Waals surface area (Å²) in [6, 6.07) is 9.19. The molecule has 0 atom stereocenters. The van der Waals surface area contributed by atoms with E-state index in [2.05, 4.69) is 10.5 Å². The van der Waals surface area contributed by atoms with Crippen molar-refractivity contribution in [2.75, 3.05) is 0 Å². The van der Waals surface area contributed by atoms with E-state index < -0.39 is 17.4 Å². The minimum Gasteiger partial charge on any atom is -0.478 e. The van der Waals surface area contributed by atoms with Crippen LogP contribution in [0.2, 0.25) is 0 Å². The fraction of sp³-hybridized carbons (Fsp3) is 0.0667. The van der Waals surface area contributed by atoms with E-state index in [4.69, 9.17) is 5.11 Å². The SMILES string of the molecule is Cn1cccc(C(=O)N/N=C\c2ccccc2C(=O)O)c1=O. The Morgan fingerprint density at radius 1 is 1.18 bits per heavy atom. The van der Waals surface area contributed by atoms with E-state index in [0.717, 1.165) is 0 Å². The van der Waals surface area contributed by atoms with E-state index in [-0.39, 0.29) is 11.1 Å². The van der Waals surface area contributed by atoms with Crippen LogP contribution in [0.3, 0.4) is 0 Å². The number of amides is 1. The predicted octanol–water partition coefficient (Wildman–Crippen LogP) is 0.847. The zero-order chi connectivity index (χ0) is 16.1. The third-order valence-corrected chi connectivity index (χ3v) is 2.93. The summed E-state index contributed by atoms with van der Waals surface area (Å²) in [4.78, 5) is 34.7. The summed E-state index contributed by atoms with van der Waals surface area (Å²) in [5, 5.41) is 12.7. The van der Waals surface area contributed by atoms with E-state index >= 15 is 0 Å². The van der Waals surface area contributed by atoms with Crippen LogP contribution < -0.4 is 11.0 Å². The Kier molecular flexibility index (Phi) is 4.47. The molecule has 2 rings (SSSR count). The Labute approximate surface area is 125 Å². The smallest absolute Gasteiger partial charge is 0.336 e. The topological polar surface area (TPSA) is 101 Å². The first kappa shape index (κ1) is 15.2. The molecule has 0 fully saturated rings. The van der Waals surface area contributed by atoms with Crippen LogP contribution in [0.15, 0.2) is 52.5 Å². The fourth-order valence-electron chi connectivity index (χ4n) is 1.80. The summed E-state index contributed by atoms with van der Waals surface area (Å²) in [6.45, 7) is 0. The maximum absolute atomic E-state index is 11.9. The lowest BCUT2D eigenvalue weighted by Crippen LogP contribution is -2.29. The van der Waals surface area contributed by atoms with Gasteiger partial charge in [-0.3, -0.25) is 9.59 Å². The van der Waals surface area contributed by atoms with Gasteiger partial charge in [-0.1, -0.05) is 18.2 Å². The van der Waals surface area contributed by atoms with Gasteiger partial charge in [-0.05, 0) is 18.2 Å². The molecule has 1 amide bonds. The molecule has 0 saturated heterocycles. The molecule has 0 unspecified atom stereocenters. The van der Waals surface area contributed by atoms with Crippen LogP contribution in [0.5, 0.6) is 0 Å². The van der Waals surface area contributed by atoms with E-state index in [1.807, 2.05) is 0 Å². The molecule has 1 aromatic heterocycles. The molecule has 0 saturated carbocycles. The van der Waals surface area contributed by atoms with Gasteiger partial charge in [0.15, 0.2) is 0 Å². The number of aromatic nitrogens is 1. The highest BCUT2D eigenvalue weighted by Gasteiger charge is 2.10. The summed E-state index contributed by atoms with van der Waals surface area (Å²) in [5.74, 6) is -1.75. The number of benzene rings is 1. The second-order valence-electron chi connectivity index (χ2n) is 4.43. The van der Waals surface area contributed by atoms with Crippen LogP contribution in [0.25, 0.3) is 0 Å². The van der Waals surface area contributed by atoms with Crippen molar-refractivity contribution in [3.05, 3.63) is 69.6 Å². The van der Waals surface area contributed by atoms with Crippen molar-refractivity contribution in [3.63, 3.8) is 0 Å². The first-order chi connectivity index (χ1) is 10.5. The van der Waals surface area contributed by atoms with Gasteiger partial charge in [-0.2, -0.15) is 5.10 Å². The number of carboxylic acids is 1. The van der Waals surface area contributed by atoms with Crippen LogP contribution in [-0.2, 0) is 7.05 Å². The molecule has 1 heterocycles. The van der Waals surface area contributed by atoms with E-state index in [1.54, 1.807) is 24.3 Å². The number of aryl methyl sites for hydroxylation is 1. The number of hydrazone groups is 1. The van der Waals surface area contributed by atoms with Crippen molar-refractivity contribution in [1.82, 2.24) is 9.99 Å². The summed E-state index contributed by atoms with van der Waals surface area (Å²) >= 11 is 0. The van der Waals surface area contributed by atoms with Gasteiger partial charge in [0.2, 0.25) is 0 Å². The fourth-order valence-corrected chi connectivity index (χ4v) is 1.80. The molecule has 7 heteroatoms. The maximum atomic E-state index is 11.9. The van der Waals surface area contributed by atoms with Crippen LogP contribution in [0.4, 0.5) is 0 Å². The molecule has 1 aromatic carbocycles. The van der Waals surface area contributed by atoms with Crippen molar-refractivity contribution in [1.29, 1.82) is 0 Å². The highest BCUT2D eigenvalue weighted by molar-refractivity contribution is 5.99. The molecule has 7 nitrogen and oxygen atoms in total. The maximum Gasteiger partial charge on any atom is 0.336 e. The van der Waals surface area contributed by atoms with Gasteiger partial charge in [-0.15, -0.1) is 0 Å². The summed E-state index contributed by atoms with van der Waals surface area (Å²) in [6.07, 6.45) is 2.75. The number of nitrogens with zero attached hydrogens (tertiary/aromatic N) is 2. The van der Waals surface area contributed by atoms with E-state index in [0.29, 0.717) is 5.56 Å².